The molecule has 2 aromatic rings. The van der Waals surface area contributed by atoms with Crippen molar-refractivity contribution in [1.29, 1.82) is 0 Å². The zero-order valence-electron chi connectivity index (χ0n) is 12.2. The molecular weight excluding hydrogens is 248 g/mol. The standard InChI is InChI=1S/C17H22N2O/c1-14(18-2)16-11-6-12-19-17(16)20-13-7-10-15-8-4-3-5-9-15/h3-6,8-9,11-12,14,18H,7,10,13H2,1-2H3. The Morgan fingerprint density at radius 1 is 1.15 bits per heavy atom. The lowest BCUT2D eigenvalue weighted by Crippen LogP contribution is -2.14. The fourth-order valence-electron chi connectivity index (χ4n) is 2.10. The average Bonchev–Trinajstić information content (AvgIpc) is 2.52. The van der Waals surface area contributed by atoms with Gasteiger partial charge in [-0.3, -0.25) is 0 Å². The summed E-state index contributed by atoms with van der Waals surface area (Å²) in [6.07, 6.45) is 3.80. The van der Waals surface area contributed by atoms with E-state index in [0.717, 1.165) is 24.3 Å². The first-order valence-corrected chi connectivity index (χ1v) is 7.10. The van der Waals surface area contributed by atoms with E-state index in [9.17, 15) is 0 Å². The summed E-state index contributed by atoms with van der Waals surface area (Å²) in [5, 5.41) is 3.22. The van der Waals surface area contributed by atoms with Crippen LogP contribution >= 0.6 is 0 Å². The number of nitrogens with zero attached hydrogens (tertiary/aromatic N) is 1. The normalized spacial score (nSPS) is 12.1. The summed E-state index contributed by atoms with van der Waals surface area (Å²) >= 11 is 0. The lowest BCUT2D eigenvalue weighted by molar-refractivity contribution is 0.293. The highest BCUT2D eigenvalue weighted by atomic mass is 16.5. The third kappa shape index (κ3) is 4.07. The first-order valence-electron chi connectivity index (χ1n) is 7.10. The fraction of sp³-hybridized carbons (Fsp3) is 0.353. The van der Waals surface area contributed by atoms with E-state index in [1.807, 2.05) is 19.2 Å². The van der Waals surface area contributed by atoms with E-state index >= 15 is 0 Å². The minimum Gasteiger partial charge on any atom is -0.477 e. The molecule has 0 saturated carbocycles. The summed E-state index contributed by atoms with van der Waals surface area (Å²) in [6.45, 7) is 2.79. The van der Waals surface area contributed by atoms with Crippen LogP contribution in [0.15, 0.2) is 48.7 Å². The van der Waals surface area contributed by atoms with Gasteiger partial charge in [0.1, 0.15) is 0 Å². The number of aryl methyl sites for hydroxylation is 1. The van der Waals surface area contributed by atoms with Crippen LogP contribution in [0.2, 0.25) is 0 Å². The van der Waals surface area contributed by atoms with Crippen LogP contribution in [0.5, 0.6) is 5.88 Å². The van der Waals surface area contributed by atoms with Crippen LogP contribution in [0.3, 0.4) is 0 Å². The second-order valence-corrected chi connectivity index (χ2v) is 4.85. The van der Waals surface area contributed by atoms with Gasteiger partial charge in [-0.15, -0.1) is 0 Å². The van der Waals surface area contributed by atoms with Gasteiger partial charge in [0.05, 0.1) is 6.61 Å². The molecule has 2 rings (SSSR count). The van der Waals surface area contributed by atoms with Crippen molar-refractivity contribution in [2.45, 2.75) is 25.8 Å². The number of rotatable bonds is 7. The smallest absolute Gasteiger partial charge is 0.218 e. The highest BCUT2D eigenvalue weighted by Crippen LogP contribution is 2.21. The van der Waals surface area contributed by atoms with Crippen molar-refractivity contribution >= 4 is 0 Å². The summed E-state index contributed by atoms with van der Waals surface area (Å²) in [7, 11) is 1.94. The largest absolute Gasteiger partial charge is 0.477 e. The Bertz CT molecular complexity index is 513. The second kappa shape index (κ2) is 7.65. The van der Waals surface area contributed by atoms with Crippen molar-refractivity contribution in [3.8, 4) is 5.88 Å². The minimum absolute atomic E-state index is 0.243. The first-order chi connectivity index (χ1) is 9.81. The minimum atomic E-state index is 0.243. The van der Waals surface area contributed by atoms with Crippen LogP contribution < -0.4 is 10.1 Å². The number of pyridine rings is 1. The van der Waals surface area contributed by atoms with Crippen molar-refractivity contribution in [2.75, 3.05) is 13.7 Å². The molecule has 1 heterocycles. The van der Waals surface area contributed by atoms with E-state index in [0.29, 0.717) is 6.61 Å². The third-order valence-corrected chi connectivity index (χ3v) is 3.39. The molecule has 0 radical (unpaired) electrons. The Kier molecular flexibility index (Phi) is 5.56. The molecule has 20 heavy (non-hydrogen) atoms. The number of aromatic nitrogens is 1. The maximum Gasteiger partial charge on any atom is 0.218 e. The summed E-state index contributed by atoms with van der Waals surface area (Å²) < 4.78 is 5.83. The molecule has 0 amide bonds. The molecule has 1 aromatic carbocycles. The van der Waals surface area contributed by atoms with E-state index in [1.165, 1.54) is 5.56 Å². The van der Waals surface area contributed by atoms with Gasteiger partial charge in [0, 0.05) is 17.8 Å². The van der Waals surface area contributed by atoms with Crippen LogP contribution in [-0.4, -0.2) is 18.6 Å². The summed E-state index contributed by atoms with van der Waals surface area (Å²) in [4.78, 5) is 4.33. The molecule has 1 aromatic heterocycles. The van der Waals surface area contributed by atoms with Gasteiger partial charge in [0.25, 0.3) is 0 Å². The van der Waals surface area contributed by atoms with Gasteiger partial charge in [-0.1, -0.05) is 36.4 Å². The van der Waals surface area contributed by atoms with Gasteiger partial charge < -0.3 is 10.1 Å². The summed E-state index contributed by atoms with van der Waals surface area (Å²) in [5.41, 5.74) is 2.45. The number of benzene rings is 1. The Morgan fingerprint density at radius 3 is 2.70 bits per heavy atom. The molecule has 1 N–H and O–H groups in total. The molecule has 0 spiro atoms. The topological polar surface area (TPSA) is 34.2 Å². The Balaban J connectivity index is 1.85. The van der Waals surface area contributed by atoms with E-state index in [-0.39, 0.29) is 6.04 Å². The van der Waals surface area contributed by atoms with Gasteiger partial charge in [-0.05, 0) is 38.4 Å². The van der Waals surface area contributed by atoms with Gasteiger partial charge in [-0.25, -0.2) is 4.98 Å². The van der Waals surface area contributed by atoms with Crippen molar-refractivity contribution < 1.29 is 4.74 Å². The lowest BCUT2D eigenvalue weighted by Gasteiger charge is -2.15. The zero-order valence-corrected chi connectivity index (χ0v) is 12.2. The van der Waals surface area contributed by atoms with Gasteiger partial charge in [-0.2, -0.15) is 0 Å². The maximum absolute atomic E-state index is 5.83. The quantitative estimate of drug-likeness (QED) is 0.783. The first kappa shape index (κ1) is 14.5. The number of hydrogen-bond acceptors (Lipinski definition) is 3. The SMILES string of the molecule is CNC(C)c1cccnc1OCCCc1ccccc1. The van der Waals surface area contributed by atoms with Crippen LogP contribution in [0.1, 0.15) is 30.5 Å². The molecule has 0 aliphatic carbocycles. The molecule has 0 aliphatic heterocycles. The summed E-state index contributed by atoms with van der Waals surface area (Å²) in [5.74, 6) is 0.738. The molecule has 1 atom stereocenters. The second-order valence-electron chi connectivity index (χ2n) is 4.85. The molecule has 0 bridgehead atoms. The van der Waals surface area contributed by atoms with Crippen molar-refractivity contribution in [3.05, 3.63) is 59.8 Å². The van der Waals surface area contributed by atoms with E-state index < -0.39 is 0 Å². The van der Waals surface area contributed by atoms with E-state index in [4.69, 9.17) is 4.74 Å². The van der Waals surface area contributed by atoms with Crippen LogP contribution in [-0.2, 0) is 6.42 Å². The number of hydrogen-bond donors (Lipinski definition) is 1. The Morgan fingerprint density at radius 2 is 1.95 bits per heavy atom. The molecule has 0 aliphatic rings. The van der Waals surface area contributed by atoms with Crippen molar-refractivity contribution in [3.63, 3.8) is 0 Å². The molecule has 3 nitrogen and oxygen atoms in total. The maximum atomic E-state index is 5.83. The Hall–Kier alpha value is -1.87. The average molecular weight is 270 g/mol. The van der Waals surface area contributed by atoms with Gasteiger partial charge >= 0.3 is 0 Å². The molecule has 106 valence electrons. The van der Waals surface area contributed by atoms with Crippen LogP contribution in [0.4, 0.5) is 0 Å². The van der Waals surface area contributed by atoms with Gasteiger partial charge in [0.15, 0.2) is 0 Å². The van der Waals surface area contributed by atoms with E-state index in [2.05, 4.69) is 47.6 Å². The van der Waals surface area contributed by atoms with Crippen molar-refractivity contribution in [1.82, 2.24) is 10.3 Å². The highest BCUT2D eigenvalue weighted by molar-refractivity contribution is 5.28. The van der Waals surface area contributed by atoms with E-state index in [1.54, 1.807) is 6.20 Å². The molecule has 3 heteroatoms. The van der Waals surface area contributed by atoms with Crippen LogP contribution in [0, 0.1) is 0 Å². The monoisotopic (exact) mass is 270 g/mol. The predicted octanol–water partition coefficient (Wildman–Crippen LogP) is 3.37. The summed E-state index contributed by atoms with van der Waals surface area (Å²) in [6, 6.07) is 14.7. The predicted molar refractivity (Wildman–Crippen MR) is 82.0 cm³/mol. The molecule has 0 fully saturated rings. The zero-order chi connectivity index (χ0) is 14.2. The fourth-order valence-corrected chi connectivity index (χ4v) is 2.10. The third-order valence-electron chi connectivity index (χ3n) is 3.39. The lowest BCUT2D eigenvalue weighted by atomic mass is 10.1. The molecular formula is C17H22N2O. The molecule has 0 saturated heterocycles. The number of ether oxygens (including phenoxy) is 1. The van der Waals surface area contributed by atoms with Crippen molar-refractivity contribution in [2.24, 2.45) is 0 Å². The van der Waals surface area contributed by atoms with Gasteiger partial charge in [0.2, 0.25) is 5.88 Å². The molecule has 1 unspecified atom stereocenters. The Labute approximate surface area is 121 Å². The van der Waals surface area contributed by atoms with Crippen LogP contribution in [0.25, 0.3) is 0 Å². The number of nitrogens with one attached hydrogen (secondary N) is 1. The highest BCUT2D eigenvalue weighted by Gasteiger charge is 2.10.